The zero-order valence-electron chi connectivity index (χ0n) is 23.9. The number of nitrogens with zero attached hydrogens (tertiary/aromatic N) is 2. The van der Waals surface area contributed by atoms with E-state index >= 15 is 0 Å². The molecule has 2 aromatic rings. The summed E-state index contributed by atoms with van der Waals surface area (Å²) < 4.78 is 5.94. The fourth-order valence-electron chi connectivity index (χ4n) is 6.73. The summed E-state index contributed by atoms with van der Waals surface area (Å²) in [5, 5.41) is 12.4. The highest BCUT2D eigenvalue weighted by Gasteiger charge is 2.53. The molecule has 2 aliphatic heterocycles. The third-order valence-corrected chi connectivity index (χ3v) is 9.19. The second-order valence-electron chi connectivity index (χ2n) is 12.0. The first-order valence-electron chi connectivity index (χ1n) is 15.3. The number of aliphatic hydroxyl groups excluding tert-OH is 1. The number of amides is 2. The first kappa shape index (κ1) is 28.6. The average molecular weight is 548 g/mol. The maximum absolute atomic E-state index is 13.8. The smallest absolute Gasteiger partial charge is 0.246 e. The lowest BCUT2D eigenvalue weighted by atomic mass is 9.79. The minimum absolute atomic E-state index is 0.0191. The van der Waals surface area contributed by atoms with Crippen molar-refractivity contribution in [3.8, 4) is 11.5 Å². The second kappa shape index (κ2) is 13.2. The van der Waals surface area contributed by atoms with E-state index in [1.165, 1.54) is 37.7 Å². The summed E-state index contributed by atoms with van der Waals surface area (Å²) in [4.78, 5) is 31.8. The van der Waals surface area contributed by atoms with Gasteiger partial charge < -0.3 is 20.1 Å². The number of ether oxygens (including phenoxy) is 1. The van der Waals surface area contributed by atoms with E-state index in [1.54, 1.807) is 0 Å². The zero-order valence-corrected chi connectivity index (χ0v) is 23.9. The van der Waals surface area contributed by atoms with Gasteiger partial charge in [0, 0.05) is 26.2 Å². The van der Waals surface area contributed by atoms with Crippen molar-refractivity contribution in [3.05, 3.63) is 59.7 Å². The molecule has 2 saturated heterocycles. The predicted octanol–water partition coefficient (Wildman–Crippen LogP) is 5.40. The fourth-order valence-corrected chi connectivity index (χ4v) is 6.73. The summed E-state index contributed by atoms with van der Waals surface area (Å²) in [6.07, 6.45) is 10.2. The van der Waals surface area contributed by atoms with Crippen LogP contribution in [-0.2, 0) is 22.7 Å². The van der Waals surface area contributed by atoms with Crippen molar-refractivity contribution in [1.29, 1.82) is 0 Å². The molecule has 1 spiro atoms. The Morgan fingerprint density at radius 1 is 0.925 bits per heavy atom. The van der Waals surface area contributed by atoms with Gasteiger partial charge in [-0.25, -0.2) is 0 Å². The van der Waals surface area contributed by atoms with E-state index in [2.05, 4.69) is 29.3 Å². The number of likely N-dealkylation sites (tertiary alicyclic amines) is 1. The quantitative estimate of drug-likeness (QED) is 0.416. The first-order chi connectivity index (χ1) is 19.5. The van der Waals surface area contributed by atoms with Crippen molar-refractivity contribution >= 4 is 11.8 Å². The molecule has 2 aromatic carbocycles. The lowest BCUT2D eigenvalue weighted by molar-refractivity contribution is -0.162. The lowest BCUT2D eigenvalue weighted by Crippen LogP contribution is -2.73. The molecule has 1 atom stereocenters. The van der Waals surface area contributed by atoms with E-state index in [9.17, 15) is 14.7 Å². The highest BCUT2D eigenvalue weighted by Crippen LogP contribution is 2.36. The van der Waals surface area contributed by atoms with Crippen molar-refractivity contribution in [2.75, 3.05) is 19.6 Å². The van der Waals surface area contributed by atoms with E-state index in [0.717, 1.165) is 56.0 Å². The highest BCUT2D eigenvalue weighted by molar-refractivity contribution is 6.00. The van der Waals surface area contributed by atoms with Crippen LogP contribution in [-0.4, -0.2) is 57.9 Å². The molecule has 40 heavy (non-hydrogen) atoms. The van der Waals surface area contributed by atoms with E-state index in [-0.39, 0.29) is 24.5 Å². The van der Waals surface area contributed by atoms with Gasteiger partial charge in [0.05, 0.1) is 6.61 Å². The van der Waals surface area contributed by atoms with Crippen LogP contribution < -0.4 is 10.1 Å². The van der Waals surface area contributed by atoms with Gasteiger partial charge in [0.25, 0.3) is 0 Å². The average Bonchev–Trinajstić information content (AvgIpc) is 2.99. The number of benzene rings is 2. The fraction of sp³-hybridized carbons (Fsp3) is 0.576. The normalized spacial score (nSPS) is 21.9. The van der Waals surface area contributed by atoms with E-state index in [0.29, 0.717) is 25.3 Å². The van der Waals surface area contributed by atoms with Gasteiger partial charge in [0.15, 0.2) is 0 Å². The number of piperidine rings is 1. The second-order valence-corrected chi connectivity index (χ2v) is 12.0. The Kier molecular flexibility index (Phi) is 9.43. The van der Waals surface area contributed by atoms with Crippen LogP contribution in [0.25, 0.3) is 0 Å². The van der Waals surface area contributed by atoms with Gasteiger partial charge in [-0.1, -0.05) is 69.7 Å². The molecular formula is C33H45N3O4. The van der Waals surface area contributed by atoms with E-state index < -0.39 is 5.54 Å². The maximum Gasteiger partial charge on any atom is 0.246 e. The zero-order chi connectivity index (χ0) is 28.0. The largest absolute Gasteiger partial charge is 0.457 e. The Hall–Kier alpha value is -2.90. The number of rotatable bonds is 10. The molecule has 1 aliphatic carbocycles. The number of nitrogens with one attached hydrogen (secondary N) is 1. The predicted molar refractivity (Wildman–Crippen MR) is 156 cm³/mol. The molecule has 5 rings (SSSR count). The molecule has 216 valence electrons. The summed E-state index contributed by atoms with van der Waals surface area (Å²) in [6.45, 7) is 5.21. The molecule has 2 N–H and O–H groups in total. The molecule has 7 heteroatoms. The monoisotopic (exact) mass is 547 g/mol. The Morgan fingerprint density at radius 2 is 1.55 bits per heavy atom. The highest BCUT2D eigenvalue weighted by atomic mass is 16.5. The lowest BCUT2D eigenvalue weighted by Gasteiger charge is -2.52. The van der Waals surface area contributed by atoms with Crippen LogP contribution in [0.4, 0.5) is 0 Å². The molecule has 7 nitrogen and oxygen atoms in total. The Morgan fingerprint density at radius 3 is 2.15 bits per heavy atom. The van der Waals surface area contributed by atoms with E-state index in [1.807, 2.05) is 41.3 Å². The van der Waals surface area contributed by atoms with Gasteiger partial charge in [0.1, 0.15) is 23.1 Å². The number of hydrogen-bond acceptors (Lipinski definition) is 5. The maximum atomic E-state index is 13.8. The van der Waals surface area contributed by atoms with Crippen LogP contribution in [0.1, 0.15) is 82.3 Å². The number of piperazine rings is 1. The molecule has 0 bridgehead atoms. The van der Waals surface area contributed by atoms with Crippen molar-refractivity contribution in [3.63, 3.8) is 0 Å². The summed E-state index contributed by atoms with van der Waals surface area (Å²) in [5.41, 5.74) is 1.34. The molecule has 1 unspecified atom stereocenters. The minimum atomic E-state index is -0.713. The van der Waals surface area contributed by atoms with Crippen LogP contribution in [0, 0.1) is 5.92 Å². The van der Waals surface area contributed by atoms with Crippen LogP contribution in [0.15, 0.2) is 48.5 Å². The standard InChI is InChI=1S/C33H45N3O4/c1-2-3-19-36-31(38)30(22-25-7-5-4-6-8-25)34-32(39)33(36)17-20-35(21-18-33)23-26-9-13-28(14-10-26)40-29-15-11-27(24-37)12-16-29/h9-16,25,30,37H,2-8,17-24H2,1H3,(H,34,39). The summed E-state index contributed by atoms with van der Waals surface area (Å²) >= 11 is 0. The van der Waals surface area contributed by atoms with Crippen molar-refractivity contribution < 1.29 is 19.4 Å². The summed E-state index contributed by atoms with van der Waals surface area (Å²) in [7, 11) is 0. The third kappa shape index (κ3) is 6.52. The number of carbonyl (C=O) groups is 2. The Balaban J connectivity index is 1.18. The van der Waals surface area contributed by atoms with Crippen LogP contribution in [0.3, 0.4) is 0 Å². The molecule has 2 amide bonds. The molecular weight excluding hydrogens is 502 g/mol. The van der Waals surface area contributed by atoms with Gasteiger partial charge in [0.2, 0.25) is 11.8 Å². The van der Waals surface area contributed by atoms with E-state index in [4.69, 9.17) is 4.74 Å². The van der Waals surface area contributed by atoms with Gasteiger partial charge in [-0.15, -0.1) is 0 Å². The van der Waals surface area contributed by atoms with Gasteiger partial charge in [-0.2, -0.15) is 0 Å². The molecule has 0 radical (unpaired) electrons. The van der Waals surface area contributed by atoms with Crippen LogP contribution in [0.5, 0.6) is 11.5 Å². The molecule has 0 aromatic heterocycles. The molecule has 1 saturated carbocycles. The number of aliphatic hydroxyl groups is 1. The molecule has 3 fully saturated rings. The Labute approximate surface area is 238 Å². The Bertz CT molecular complexity index is 1120. The summed E-state index contributed by atoms with van der Waals surface area (Å²) in [6, 6.07) is 15.2. The molecule has 2 heterocycles. The van der Waals surface area contributed by atoms with Crippen LogP contribution >= 0.6 is 0 Å². The summed E-state index contributed by atoms with van der Waals surface area (Å²) in [5.74, 6) is 2.27. The van der Waals surface area contributed by atoms with Gasteiger partial charge >= 0.3 is 0 Å². The third-order valence-electron chi connectivity index (χ3n) is 9.19. The first-order valence-corrected chi connectivity index (χ1v) is 15.3. The van der Waals surface area contributed by atoms with Gasteiger partial charge in [-0.05, 0) is 67.0 Å². The number of unbranched alkanes of at least 4 members (excludes halogenated alkanes) is 1. The van der Waals surface area contributed by atoms with Crippen LogP contribution in [0.2, 0.25) is 0 Å². The molecule has 3 aliphatic rings. The minimum Gasteiger partial charge on any atom is -0.457 e. The van der Waals surface area contributed by atoms with Gasteiger partial charge in [-0.3, -0.25) is 14.5 Å². The number of hydrogen-bond donors (Lipinski definition) is 2. The van der Waals surface area contributed by atoms with Crippen molar-refractivity contribution in [2.24, 2.45) is 5.92 Å². The van der Waals surface area contributed by atoms with Crippen molar-refractivity contribution in [1.82, 2.24) is 15.1 Å². The van der Waals surface area contributed by atoms with Crippen molar-refractivity contribution in [2.45, 2.75) is 95.9 Å². The SMILES string of the molecule is CCCCN1C(=O)C(CC2CCCCC2)NC(=O)C12CCN(Cc1ccc(Oc3ccc(CO)cc3)cc1)CC2. The number of carbonyl (C=O) groups excluding carboxylic acids is 2. The topological polar surface area (TPSA) is 82.1 Å².